The minimum Gasteiger partial charge on any atom is -0.339 e. The second-order valence-corrected chi connectivity index (χ2v) is 5.93. The third-order valence-corrected chi connectivity index (χ3v) is 4.38. The predicted octanol–water partition coefficient (Wildman–Crippen LogP) is 3.18. The van der Waals surface area contributed by atoms with Gasteiger partial charge in [-0.3, -0.25) is 14.5 Å². The first-order chi connectivity index (χ1) is 11.6. The molecule has 0 fully saturated rings. The van der Waals surface area contributed by atoms with E-state index < -0.39 is 5.91 Å². The Labute approximate surface area is 145 Å². The summed E-state index contributed by atoms with van der Waals surface area (Å²) in [5.41, 5.74) is 2.09. The minimum atomic E-state index is -0.435. The summed E-state index contributed by atoms with van der Waals surface area (Å²) in [5.74, 6) is -0.789. The normalized spacial score (nSPS) is 14.5. The number of hydrogen-bond donors (Lipinski definition) is 0. The van der Waals surface area contributed by atoms with E-state index >= 15 is 0 Å². The number of likely N-dealkylation sites (N-methyl/N-ethyl adjacent to an activating group) is 1. The Morgan fingerprint density at radius 1 is 0.917 bits per heavy atom. The summed E-state index contributed by atoms with van der Waals surface area (Å²) >= 11 is 6.17. The molecule has 0 aliphatic carbocycles. The highest BCUT2D eigenvalue weighted by Gasteiger charge is 2.39. The van der Waals surface area contributed by atoms with Crippen LogP contribution in [-0.2, 0) is 16.0 Å². The van der Waals surface area contributed by atoms with Gasteiger partial charge in [-0.05, 0) is 24.1 Å². The van der Waals surface area contributed by atoms with Crippen molar-refractivity contribution < 1.29 is 9.59 Å². The number of benzene rings is 2. The minimum absolute atomic E-state index is 0.0283. The van der Waals surface area contributed by atoms with E-state index in [1.807, 2.05) is 60.7 Å². The van der Waals surface area contributed by atoms with Gasteiger partial charge in [0.15, 0.2) is 0 Å². The summed E-state index contributed by atoms with van der Waals surface area (Å²) in [7, 11) is 1.74. The van der Waals surface area contributed by atoms with E-state index in [1.165, 1.54) is 4.90 Å². The van der Waals surface area contributed by atoms with Gasteiger partial charge in [0, 0.05) is 19.3 Å². The van der Waals surface area contributed by atoms with Crippen molar-refractivity contribution in [3.8, 4) is 0 Å². The topological polar surface area (TPSA) is 40.6 Å². The number of para-hydroxylation sites is 1. The highest BCUT2D eigenvalue weighted by Crippen LogP contribution is 2.29. The molecule has 3 rings (SSSR count). The number of halogens is 1. The van der Waals surface area contributed by atoms with Crippen LogP contribution in [0.25, 0.3) is 0 Å². The molecule has 2 aromatic rings. The lowest BCUT2D eigenvalue weighted by atomic mass is 10.1. The number of hydrogen-bond acceptors (Lipinski definition) is 3. The molecule has 24 heavy (non-hydrogen) atoms. The third-order valence-electron chi connectivity index (χ3n) is 4.03. The van der Waals surface area contributed by atoms with E-state index in [1.54, 1.807) is 11.9 Å². The number of rotatable bonds is 5. The quantitative estimate of drug-likeness (QED) is 0.785. The van der Waals surface area contributed by atoms with Gasteiger partial charge in [0.25, 0.3) is 11.8 Å². The average Bonchev–Trinajstić information content (AvgIpc) is 2.83. The average molecular weight is 341 g/mol. The molecule has 0 bridgehead atoms. The fourth-order valence-electron chi connectivity index (χ4n) is 2.69. The van der Waals surface area contributed by atoms with Gasteiger partial charge in [-0.1, -0.05) is 60.1 Å². The molecule has 2 amide bonds. The van der Waals surface area contributed by atoms with E-state index in [4.69, 9.17) is 11.6 Å². The van der Waals surface area contributed by atoms with Crippen LogP contribution in [-0.4, -0.2) is 30.3 Å². The Bertz CT molecular complexity index is 788. The molecule has 0 atom stereocenters. The van der Waals surface area contributed by atoms with Gasteiger partial charge < -0.3 is 4.90 Å². The molecular formula is C19H17ClN2O2. The maximum Gasteiger partial charge on any atom is 0.279 e. The molecule has 0 spiro atoms. The highest BCUT2D eigenvalue weighted by molar-refractivity contribution is 6.48. The fourth-order valence-corrected chi connectivity index (χ4v) is 3.00. The van der Waals surface area contributed by atoms with Crippen LogP contribution < -0.4 is 4.90 Å². The molecule has 2 aromatic carbocycles. The lowest BCUT2D eigenvalue weighted by molar-refractivity contribution is -0.137. The molecule has 0 aromatic heterocycles. The van der Waals surface area contributed by atoms with Crippen LogP contribution in [0.2, 0.25) is 0 Å². The lowest BCUT2D eigenvalue weighted by Gasteiger charge is -2.21. The highest BCUT2D eigenvalue weighted by atomic mass is 35.5. The first-order valence-corrected chi connectivity index (χ1v) is 8.06. The van der Waals surface area contributed by atoms with Crippen LogP contribution in [0.15, 0.2) is 71.4 Å². The molecule has 122 valence electrons. The van der Waals surface area contributed by atoms with Gasteiger partial charge >= 0.3 is 0 Å². The zero-order valence-corrected chi connectivity index (χ0v) is 14.0. The van der Waals surface area contributed by atoms with Gasteiger partial charge in [0.05, 0.1) is 0 Å². The van der Waals surface area contributed by atoms with Crippen molar-refractivity contribution in [2.24, 2.45) is 0 Å². The first-order valence-electron chi connectivity index (χ1n) is 7.68. The molecule has 0 unspecified atom stereocenters. The third kappa shape index (κ3) is 3.05. The molecule has 4 nitrogen and oxygen atoms in total. The van der Waals surface area contributed by atoms with Crippen LogP contribution >= 0.6 is 11.6 Å². The monoisotopic (exact) mass is 340 g/mol. The van der Waals surface area contributed by atoms with Crippen molar-refractivity contribution in [3.05, 3.63) is 77.0 Å². The summed E-state index contributed by atoms with van der Waals surface area (Å²) in [6.45, 7) is 0.310. The number of anilines is 1. The van der Waals surface area contributed by atoms with Crippen LogP contribution in [0, 0.1) is 0 Å². The zero-order valence-electron chi connectivity index (χ0n) is 13.3. The largest absolute Gasteiger partial charge is 0.339 e. The van der Waals surface area contributed by atoms with Crippen LogP contribution in [0.1, 0.15) is 5.56 Å². The first kappa shape index (κ1) is 16.3. The molecule has 1 heterocycles. The van der Waals surface area contributed by atoms with E-state index in [2.05, 4.69) is 0 Å². The van der Waals surface area contributed by atoms with Crippen molar-refractivity contribution in [2.45, 2.75) is 6.42 Å². The SMILES string of the molecule is CN(C1=C(Cl)C(=O)N(CCc2ccccc2)C1=O)c1ccccc1. The number of carbonyl (C=O) groups excluding carboxylic acids is 2. The van der Waals surface area contributed by atoms with Crippen LogP contribution in [0.5, 0.6) is 0 Å². The second kappa shape index (κ2) is 6.89. The Hall–Kier alpha value is -2.59. The lowest BCUT2D eigenvalue weighted by Crippen LogP contribution is -2.35. The smallest absolute Gasteiger partial charge is 0.279 e. The van der Waals surface area contributed by atoms with Crippen LogP contribution in [0.3, 0.4) is 0 Å². The summed E-state index contributed by atoms with van der Waals surface area (Å²) in [6, 6.07) is 19.1. The van der Waals surface area contributed by atoms with E-state index in [9.17, 15) is 9.59 Å². The van der Waals surface area contributed by atoms with Gasteiger partial charge in [0.2, 0.25) is 0 Å². The van der Waals surface area contributed by atoms with Gasteiger partial charge in [-0.15, -0.1) is 0 Å². The second-order valence-electron chi connectivity index (χ2n) is 5.55. The van der Waals surface area contributed by atoms with E-state index in [0.29, 0.717) is 13.0 Å². The summed E-state index contributed by atoms with van der Waals surface area (Å²) in [5, 5.41) is -0.0283. The van der Waals surface area contributed by atoms with Gasteiger partial charge in [0.1, 0.15) is 10.7 Å². The molecule has 0 saturated heterocycles. The molecule has 1 aliphatic rings. The molecule has 0 saturated carbocycles. The number of carbonyl (C=O) groups is 2. The van der Waals surface area contributed by atoms with Crippen molar-refractivity contribution >= 4 is 29.1 Å². The Kier molecular flexibility index (Phi) is 4.67. The number of amides is 2. The molecule has 0 N–H and O–H groups in total. The fraction of sp³-hybridized carbons (Fsp3) is 0.158. The molecule has 5 heteroatoms. The molecular weight excluding hydrogens is 324 g/mol. The van der Waals surface area contributed by atoms with Crippen molar-refractivity contribution in [1.82, 2.24) is 4.90 Å². The zero-order chi connectivity index (χ0) is 17.1. The van der Waals surface area contributed by atoms with Gasteiger partial charge in [-0.2, -0.15) is 0 Å². The van der Waals surface area contributed by atoms with E-state index in [-0.39, 0.29) is 16.6 Å². The van der Waals surface area contributed by atoms with Crippen molar-refractivity contribution in [1.29, 1.82) is 0 Å². The van der Waals surface area contributed by atoms with Crippen molar-refractivity contribution in [2.75, 3.05) is 18.5 Å². The summed E-state index contributed by atoms with van der Waals surface area (Å²) < 4.78 is 0. The maximum absolute atomic E-state index is 12.7. The maximum atomic E-state index is 12.7. The Morgan fingerprint density at radius 2 is 1.50 bits per heavy atom. The summed E-state index contributed by atoms with van der Waals surface area (Å²) in [4.78, 5) is 27.9. The van der Waals surface area contributed by atoms with E-state index in [0.717, 1.165) is 11.3 Å². The number of imide groups is 1. The molecule has 0 radical (unpaired) electrons. The van der Waals surface area contributed by atoms with Crippen molar-refractivity contribution in [3.63, 3.8) is 0 Å². The predicted molar refractivity (Wildman–Crippen MR) is 94.6 cm³/mol. The van der Waals surface area contributed by atoms with Gasteiger partial charge in [-0.25, -0.2) is 0 Å². The Balaban J connectivity index is 1.77. The standard InChI is InChI=1S/C19H17ClN2O2/c1-21(15-10-6-3-7-11-15)17-16(20)18(23)22(19(17)24)13-12-14-8-4-2-5-9-14/h2-11H,12-13H2,1H3. The van der Waals surface area contributed by atoms with Crippen LogP contribution in [0.4, 0.5) is 5.69 Å². The Morgan fingerprint density at radius 3 is 2.12 bits per heavy atom. The summed E-state index contributed by atoms with van der Waals surface area (Å²) in [6.07, 6.45) is 0.602. The molecule has 1 aliphatic heterocycles. The number of nitrogens with zero attached hydrogens (tertiary/aromatic N) is 2.